The zero-order valence-corrected chi connectivity index (χ0v) is 19.7. The maximum atomic E-state index is 12.9. The normalized spacial score (nSPS) is 15.8. The number of carbonyl (C=O) groups is 1. The highest BCUT2D eigenvalue weighted by molar-refractivity contribution is 7.80. The SMILES string of the molecule is CCCOc1cc([C@@H]2NC(=S)N(c3ccc(OC)cc3)C(C)=C2C(=O)OC)ccc1OC. The zero-order chi connectivity index (χ0) is 23.3. The van der Waals surface area contributed by atoms with Crippen molar-refractivity contribution in [3.63, 3.8) is 0 Å². The molecule has 0 saturated carbocycles. The Kier molecular flexibility index (Phi) is 7.58. The number of benzene rings is 2. The molecule has 0 bridgehead atoms. The Bertz CT molecular complexity index is 1020. The predicted molar refractivity (Wildman–Crippen MR) is 127 cm³/mol. The van der Waals surface area contributed by atoms with Crippen LogP contribution in [0.3, 0.4) is 0 Å². The monoisotopic (exact) mass is 456 g/mol. The number of carbonyl (C=O) groups excluding carboxylic acids is 1. The lowest BCUT2D eigenvalue weighted by Crippen LogP contribution is -2.48. The van der Waals surface area contributed by atoms with Crippen molar-refractivity contribution in [2.45, 2.75) is 26.3 Å². The van der Waals surface area contributed by atoms with Crippen molar-refractivity contribution in [2.24, 2.45) is 0 Å². The van der Waals surface area contributed by atoms with Gasteiger partial charge in [-0.3, -0.25) is 4.90 Å². The summed E-state index contributed by atoms with van der Waals surface area (Å²) in [5.41, 5.74) is 2.77. The molecule has 2 aromatic carbocycles. The van der Waals surface area contributed by atoms with Gasteiger partial charge in [0, 0.05) is 11.4 Å². The van der Waals surface area contributed by atoms with Crippen LogP contribution in [-0.2, 0) is 9.53 Å². The number of allylic oxidation sites excluding steroid dienone is 1. The molecule has 0 fully saturated rings. The third-order valence-electron chi connectivity index (χ3n) is 5.20. The lowest BCUT2D eigenvalue weighted by molar-refractivity contribution is -0.136. The minimum Gasteiger partial charge on any atom is -0.497 e. The predicted octanol–water partition coefficient (Wildman–Crippen LogP) is 4.38. The second kappa shape index (κ2) is 10.4. The molecule has 0 saturated heterocycles. The van der Waals surface area contributed by atoms with Gasteiger partial charge in [-0.1, -0.05) is 13.0 Å². The van der Waals surface area contributed by atoms with Crippen LogP contribution in [0.25, 0.3) is 0 Å². The van der Waals surface area contributed by atoms with Crippen LogP contribution in [0.5, 0.6) is 17.2 Å². The van der Waals surface area contributed by atoms with Crippen LogP contribution in [0, 0.1) is 0 Å². The second-order valence-corrected chi connectivity index (χ2v) is 7.55. The van der Waals surface area contributed by atoms with E-state index >= 15 is 0 Å². The summed E-state index contributed by atoms with van der Waals surface area (Å²) in [7, 11) is 4.58. The van der Waals surface area contributed by atoms with Crippen molar-refractivity contribution >= 4 is 29.0 Å². The molecule has 7 nitrogen and oxygen atoms in total. The van der Waals surface area contributed by atoms with E-state index < -0.39 is 12.0 Å². The minimum absolute atomic E-state index is 0.437. The first-order valence-electron chi connectivity index (χ1n) is 10.3. The number of hydrogen-bond acceptors (Lipinski definition) is 6. The number of nitrogens with one attached hydrogen (secondary N) is 1. The average Bonchev–Trinajstić information content (AvgIpc) is 2.82. The number of thiocarbonyl (C=S) groups is 1. The van der Waals surface area contributed by atoms with E-state index in [2.05, 4.69) is 5.32 Å². The number of rotatable bonds is 8. The van der Waals surface area contributed by atoms with Crippen LogP contribution < -0.4 is 24.4 Å². The van der Waals surface area contributed by atoms with E-state index in [9.17, 15) is 4.79 Å². The first-order chi connectivity index (χ1) is 15.4. The third-order valence-corrected chi connectivity index (χ3v) is 5.50. The number of methoxy groups -OCH3 is 3. The number of ether oxygens (including phenoxy) is 4. The fourth-order valence-electron chi connectivity index (χ4n) is 3.61. The molecule has 2 aromatic rings. The van der Waals surface area contributed by atoms with E-state index in [1.54, 1.807) is 14.2 Å². The summed E-state index contributed by atoms with van der Waals surface area (Å²) in [4.78, 5) is 14.7. The maximum Gasteiger partial charge on any atom is 0.337 e. The molecule has 32 heavy (non-hydrogen) atoms. The Morgan fingerprint density at radius 2 is 1.78 bits per heavy atom. The van der Waals surface area contributed by atoms with Crippen LogP contribution in [0.1, 0.15) is 31.9 Å². The van der Waals surface area contributed by atoms with Gasteiger partial charge in [0.2, 0.25) is 0 Å². The number of nitrogens with zero attached hydrogens (tertiary/aromatic N) is 1. The molecule has 0 spiro atoms. The van der Waals surface area contributed by atoms with Gasteiger partial charge in [0.15, 0.2) is 16.6 Å². The quantitative estimate of drug-likeness (QED) is 0.464. The molecule has 170 valence electrons. The van der Waals surface area contributed by atoms with Crippen molar-refractivity contribution in [3.05, 3.63) is 59.3 Å². The Labute approximate surface area is 193 Å². The second-order valence-electron chi connectivity index (χ2n) is 7.17. The highest BCUT2D eigenvalue weighted by atomic mass is 32.1. The number of hydrogen-bond donors (Lipinski definition) is 1. The Balaban J connectivity index is 2.08. The van der Waals surface area contributed by atoms with Crippen LogP contribution in [-0.4, -0.2) is 39.0 Å². The van der Waals surface area contributed by atoms with E-state index in [-0.39, 0.29) is 0 Å². The Morgan fingerprint density at radius 3 is 2.38 bits per heavy atom. The van der Waals surface area contributed by atoms with Gasteiger partial charge in [-0.2, -0.15) is 0 Å². The summed E-state index contributed by atoms with van der Waals surface area (Å²) in [5.74, 6) is 1.53. The van der Waals surface area contributed by atoms with E-state index in [0.29, 0.717) is 34.5 Å². The van der Waals surface area contributed by atoms with Crippen molar-refractivity contribution < 1.29 is 23.7 Å². The van der Waals surface area contributed by atoms with E-state index in [4.69, 9.17) is 31.2 Å². The molecule has 0 aromatic heterocycles. The largest absolute Gasteiger partial charge is 0.497 e. The Hall–Kier alpha value is -3.26. The molecule has 0 unspecified atom stereocenters. The molecule has 3 rings (SSSR count). The van der Waals surface area contributed by atoms with Gasteiger partial charge in [-0.05, 0) is 67.5 Å². The van der Waals surface area contributed by atoms with Crippen molar-refractivity contribution in [2.75, 3.05) is 32.8 Å². The molecule has 1 N–H and O–H groups in total. The standard InChI is InChI=1S/C24H28N2O5S/c1-6-13-31-20-14-16(7-12-19(20)29-4)22-21(23(27)30-5)15(2)26(24(32)25-22)17-8-10-18(28-3)11-9-17/h7-12,14,22H,6,13H2,1-5H3,(H,25,32)/t22-/m0/s1. The van der Waals surface area contributed by atoms with Crippen LogP contribution in [0.2, 0.25) is 0 Å². The van der Waals surface area contributed by atoms with Crippen LogP contribution >= 0.6 is 12.2 Å². The molecule has 0 aliphatic carbocycles. The fourth-order valence-corrected chi connectivity index (χ4v) is 3.97. The smallest absolute Gasteiger partial charge is 0.337 e. The topological polar surface area (TPSA) is 69.3 Å². The van der Waals surface area contributed by atoms with Gasteiger partial charge < -0.3 is 24.3 Å². The molecule has 1 atom stereocenters. The summed E-state index contributed by atoms with van der Waals surface area (Å²) in [6, 6.07) is 12.5. The third kappa shape index (κ3) is 4.65. The Morgan fingerprint density at radius 1 is 1.06 bits per heavy atom. The van der Waals surface area contributed by atoms with E-state index in [1.807, 2.05) is 61.2 Å². The average molecular weight is 457 g/mol. The van der Waals surface area contributed by atoms with Crippen molar-refractivity contribution in [1.29, 1.82) is 0 Å². The number of esters is 1. The molecule has 1 heterocycles. The molecular formula is C24H28N2O5S. The maximum absolute atomic E-state index is 12.9. The summed E-state index contributed by atoms with van der Waals surface area (Å²) >= 11 is 5.69. The first kappa shape index (κ1) is 23.4. The van der Waals surface area contributed by atoms with Crippen molar-refractivity contribution in [1.82, 2.24) is 5.32 Å². The molecular weight excluding hydrogens is 428 g/mol. The summed E-state index contributed by atoms with van der Waals surface area (Å²) in [5, 5.41) is 3.77. The highest BCUT2D eigenvalue weighted by Gasteiger charge is 2.35. The van der Waals surface area contributed by atoms with Crippen LogP contribution in [0.15, 0.2) is 53.7 Å². The van der Waals surface area contributed by atoms with Gasteiger partial charge in [-0.15, -0.1) is 0 Å². The summed E-state index contributed by atoms with van der Waals surface area (Å²) in [6.45, 7) is 4.45. The molecule has 8 heteroatoms. The molecule has 1 aliphatic rings. The van der Waals surface area contributed by atoms with Crippen molar-refractivity contribution in [3.8, 4) is 17.2 Å². The minimum atomic E-state index is -0.501. The lowest BCUT2D eigenvalue weighted by atomic mass is 9.94. The number of anilines is 1. The highest BCUT2D eigenvalue weighted by Crippen LogP contribution is 2.38. The van der Waals surface area contributed by atoms with Gasteiger partial charge in [0.25, 0.3) is 0 Å². The lowest BCUT2D eigenvalue weighted by Gasteiger charge is -2.37. The van der Waals surface area contributed by atoms with E-state index in [0.717, 1.165) is 23.4 Å². The summed E-state index contributed by atoms with van der Waals surface area (Å²) < 4.78 is 21.6. The van der Waals surface area contributed by atoms with Crippen LogP contribution in [0.4, 0.5) is 5.69 Å². The fraction of sp³-hybridized carbons (Fsp3) is 0.333. The first-order valence-corrected chi connectivity index (χ1v) is 10.7. The zero-order valence-electron chi connectivity index (χ0n) is 18.9. The van der Waals surface area contributed by atoms with Gasteiger partial charge in [-0.25, -0.2) is 4.79 Å². The molecule has 0 radical (unpaired) electrons. The molecule has 0 amide bonds. The van der Waals surface area contributed by atoms with E-state index in [1.165, 1.54) is 7.11 Å². The molecule has 1 aliphatic heterocycles. The summed E-state index contributed by atoms with van der Waals surface area (Å²) in [6.07, 6.45) is 0.863. The van der Waals surface area contributed by atoms with Gasteiger partial charge in [0.05, 0.1) is 39.6 Å². The van der Waals surface area contributed by atoms with Gasteiger partial charge >= 0.3 is 5.97 Å². The van der Waals surface area contributed by atoms with Gasteiger partial charge in [0.1, 0.15) is 5.75 Å².